The van der Waals surface area contributed by atoms with E-state index in [0.717, 1.165) is 46.3 Å². The number of ether oxygens (including phenoxy) is 2. The first-order chi connectivity index (χ1) is 16.7. The predicted molar refractivity (Wildman–Crippen MR) is 128 cm³/mol. The smallest absolute Gasteiger partial charge is 0.335 e. The van der Waals surface area contributed by atoms with E-state index < -0.39 is 18.0 Å². The number of aryl methyl sites for hydroxylation is 1. The van der Waals surface area contributed by atoms with Crippen molar-refractivity contribution in [2.24, 2.45) is 0 Å². The highest BCUT2D eigenvalue weighted by Gasteiger charge is 2.47. The van der Waals surface area contributed by atoms with Crippen molar-refractivity contribution in [2.75, 3.05) is 13.7 Å². The first kappa shape index (κ1) is 23.8. The second-order valence-corrected chi connectivity index (χ2v) is 9.72. The lowest BCUT2D eigenvalue weighted by Crippen LogP contribution is -2.46. The molecule has 2 aromatic carbocycles. The normalized spacial score (nSPS) is 22.7. The zero-order valence-electron chi connectivity index (χ0n) is 19.9. The van der Waals surface area contributed by atoms with Crippen LogP contribution in [0, 0.1) is 6.92 Å². The van der Waals surface area contributed by atoms with Crippen molar-refractivity contribution in [1.29, 1.82) is 0 Å². The molecule has 1 saturated heterocycles. The van der Waals surface area contributed by atoms with E-state index in [-0.39, 0.29) is 30.6 Å². The van der Waals surface area contributed by atoms with Crippen LogP contribution in [0.1, 0.15) is 58.8 Å². The lowest BCUT2D eigenvalue weighted by molar-refractivity contribution is -0.190. The highest BCUT2D eigenvalue weighted by molar-refractivity contribution is 5.88. The van der Waals surface area contributed by atoms with Crippen molar-refractivity contribution in [2.45, 2.75) is 63.3 Å². The Morgan fingerprint density at radius 3 is 2.60 bits per heavy atom. The molecule has 2 aliphatic rings. The fourth-order valence-corrected chi connectivity index (χ4v) is 5.45. The van der Waals surface area contributed by atoms with Crippen LogP contribution in [-0.4, -0.2) is 52.7 Å². The summed E-state index contributed by atoms with van der Waals surface area (Å²) in [6, 6.07) is 11.0. The van der Waals surface area contributed by atoms with Gasteiger partial charge in [-0.2, -0.15) is 0 Å². The number of alkyl halides is 2. The van der Waals surface area contributed by atoms with Gasteiger partial charge < -0.3 is 19.6 Å². The second-order valence-electron chi connectivity index (χ2n) is 9.72. The number of methoxy groups -OCH3 is 1. The van der Waals surface area contributed by atoms with Crippen LogP contribution in [0.3, 0.4) is 0 Å². The maximum atomic E-state index is 13.3. The Morgan fingerprint density at radius 1 is 1.20 bits per heavy atom. The molecule has 0 spiro atoms. The second kappa shape index (κ2) is 9.24. The van der Waals surface area contributed by atoms with Crippen LogP contribution in [0.5, 0.6) is 5.75 Å². The topological polar surface area (TPSA) is 74.8 Å². The van der Waals surface area contributed by atoms with E-state index in [1.807, 2.05) is 31.3 Å². The summed E-state index contributed by atoms with van der Waals surface area (Å²) in [5.41, 5.74) is 4.48. The minimum absolute atomic E-state index is 0.0443. The van der Waals surface area contributed by atoms with Gasteiger partial charge in [0.15, 0.2) is 0 Å². The van der Waals surface area contributed by atoms with Crippen LogP contribution >= 0.6 is 0 Å². The van der Waals surface area contributed by atoms with Gasteiger partial charge in [0.05, 0.1) is 24.9 Å². The Morgan fingerprint density at radius 2 is 1.94 bits per heavy atom. The number of aromatic amines is 1. The SMILES string of the molecule is COc1cc(C)c2[nH]ccc2c1CN1CC[C@H](OC2CC(F)(F)C2)C[C@@H]1c1ccc(C(=O)O)cc1. The molecule has 0 unspecified atom stereocenters. The maximum Gasteiger partial charge on any atom is 0.335 e. The van der Waals surface area contributed by atoms with Gasteiger partial charge in [-0.1, -0.05) is 12.1 Å². The van der Waals surface area contributed by atoms with Gasteiger partial charge in [-0.05, 0) is 55.2 Å². The molecule has 1 saturated carbocycles. The summed E-state index contributed by atoms with van der Waals surface area (Å²) in [6.45, 7) is 3.41. The standard InChI is InChI=1S/C27H30F2N2O4/c1-16-11-24(34-2)22(21-7-9-30-25(16)21)15-31-10-8-19(35-20-13-27(28,29)14-20)12-23(31)17-3-5-18(6-4-17)26(32)33/h3-7,9,11,19-20,23,30H,8,10,12-15H2,1-2H3,(H,32,33)/t19-,23+/m0/s1. The number of benzene rings is 2. The molecule has 35 heavy (non-hydrogen) atoms. The van der Waals surface area contributed by atoms with Gasteiger partial charge in [0, 0.05) is 54.6 Å². The monoisotopic (exact) mass is 484 g/mol. The van der Waals surface area contributed by atoms with Crippen molar-refractivity contribution in [3.8, 4) is 5.75 Å². The molecular formula is C27H30F2N2O4. The number of rotatable bonds is 7. The summed E-state index contributed by atoms with van der Waals surface area (Å²) < 4.78 is 38.5. The number of likely N-dealkylation sites (tertiary alicyclic amines) is 1. The van der Waals surface area contributed by atoms with E-state index in [1.165, 1.54) is 0 Å². The van der Waals surface area contributed by atoms with Crippen molar-refractivity contribution in [1.82, 2.24) is 9.88 Å². The lowest BCUT2D eigenvalue weighted by Gasteiger charge is -2.43. The number of fused-ring (bicyclic) bond motifs is 1. The van der Waals surface area contributed by atoms with E-state index in [1.54, 1.807) is 19.2 Å². The number of carboxylic acid groups (broad SMARTS) is 1. The largest absolute Gasteiger partial charge is 0.496 e. The fourth-order valence-electron chi connectivity index (χ4n) is 5.45. The Labute approximate surface area is 202 Å². The van der Waals surface area contributed by atoms with Gasteiger partial charge in [0.25, 0.3) is 5.92 Å². The highest BCUT2D eigenvalue weighted by Crippen LogP contribution is 2.43. The molecular weight excluding hydrogens is 454 g/mol. The van der Waals surface area contributed by atoms with Crippen molar-refractivity contribution in [3.05, 3.63) is 64.8 Å². The molecule has 1 aromatic heterocycles. The van der Waals surface area contributed by atoms with Crippen LogP contribution in [0.4, 0.5) is 8.78 Å². The number of piperidine rings is 1. The van der Waals surface area contributed by atoms with Crippen LogP contribution in [0.2, 0.25) is 0 Å². The number of nitrogens with one attached hydrogen (secondary N) is 1. The number of hydrogen-bond donors (Lipinski definition) is 2. The van der Waals surface area contributed by atoms with E-state index in [9.17, 15) is 18.7 Å². The Bertz CT molecular complexity index is 1220. The summed E-state index contributed by atoms with van der Waals surface area (Å²) in [7, 11) is 1.67. The minimum atomic E-state index is -2.61. The van der Waals surface area contributed by atoms with E-state index in [2.05, 4.69) is 16.0 Å². The Kier molecular flexibility index (Phi) is 6.27. The summed E-state index contributed by atoms with van der Waals surface area (Å²) in [4.78, 5) is 17.0. The third kappa shape index (κ3) is 4.77. The fraction of sp³-hybridized carbons (Fsp3) is 0.444. The molecule has 5 rings (SSSR count). The highest BCUT2D eigenvalue weighted by atomic mass is 19.3. The molecule has 6 nitrogen and oxygen atoms in total. The third-order valence-electron chi connectivity index (χ3n) is 7.34. The summed E-state index contributed by atoms with van der Waals surface area (Å²) in [5.74, 6) is -2.76. The summed E-state index contributed by atoms with van der Waals surface area (Å²) in [6.07, 6.45) is 2.39. The summed E-state index contributed by atoms with van der Waals surface area (Å²) in [5, 5.41) is 10.4. The summed E-state index contributed by atoms with van der Waals surface area (Å²) >= 11 is 0. The van der Waals surface area contributed by atoms with Gasteiger partial charge in [-0.3, -0.25) is 4.90 Å². The zero-order valence-corrected chi connectivity index (χ0v) is 19.9. The van der Waals surface area contributed by atoms with Crippen molar-refractivity contribution < 1.29 is 28.2 Å². The Hall–Kier alpha value is -2.97. The molecule has 3 aromatic rings. The molecule has 186 valence electrons. The molecule has 2 fully saturated rings. The zero-order chi connectivity index (χ0) is 24.7. The Balaban J connectivity index is 1.43. The molecule has 0 bridgehead atoms. The molecule has 0 amide bonds. The van der Waals surface area contributed by atoms with Crippen molar-refractivity contribution >= 4 is 16.9 Å². The van der Waals surface area contributed by atoms with Crippen molar-refractivity contribution in [3.63, 3.8) is 0 Å². The number of carbonyl (C=O) groups is 1. The average molecular weight is 485 g/mol. The average Bonchev–Trinajstić information content (AvgIpc) is 3.31. The number of carboxylic acids is 1. The molecule has 1 aliphatic heterocycles. The van der Waals surface area contributed by atoms with Crippen LogP contribution < -0.4 is 4.74 Å². The first-order valence-corrected chi connectivity index (χ1v) is 12.0. The number of aromatic carboxylic acids is 1. The third-order valence-corrected chi connectivity index (χ3v) is 7.34. The van der Waals surface area contributed by atoms with Crippen LogP contribution in [0.25, 0.3) is 10.9 Å². The first-order valence-electron chi connectivity index (χ1n) is 12.0. The molecule has 2 heterocycles. The number of halogens is 2. The number of nitrogens with zero attached hydrogens (tertiary/aromatic N) is 1. The molecule has 1 aliphatic carbocycles. The van der Waals surface area contributed by atoms with Gasteiger partial charge >= 0.3 is 5.97 Å². The van der Waals surface area contributed by atoms with Gasteiger partial charge in [-0.25, -0.2) is 13.6 Å². The molecule has 0 radical (unpaired) electrons. The number of H-pyrrole nitrogens is 1. The maximum absolute atomic E-state index is 13.3. The number of hydrogen-bond acceptors (Lipinski definition) is 4. The van der Waals surface area contributed by atoms with E-state index >= 15 is 0 Å². The minimum Gasteiger partial charge on any atom is -0.496 e. The van der Waals surface area contributed by atoms with Crippen LogP contribution in [-0.2, 0) is 11.3 Å². The van der Waals surface area contributed by atoms with Crippen LogP contribution in [0.15, 0.2) is 42.6 Å². The molecule has 2 atom stereocenters. The number of aromatic nitrogens is 1. The molecule has 2 N–H and O–H groups in total. The van der Waals surface area contributed by atoms with E-state index in [0.29, 0.717) is 13.0 Å². The quantitative estimate of drug-likeness (QED) is 0.450. The van der Waals surface area contributed by atoms with Gasteiger partial charge in [0.1, 0.15) is 5.75 Å². The lowest BCUT2D eigenvalue weighted by atomic mass is 9.88. The van der Waals surface area contributed by atoms with Gasteiger partial charge in [0.2, 0.25) is 0 Å². The molecule has 8 heteroatoms. The predicted octanol–water partition coefficient (Wildman–Crippen LogP) is 5.70. The van der Waals surface area contributed by atoms with Gasteiger partial charge in [-0.15, -0.1) is 0 Å². The van der Waals surface area contributed by atoms with E-state index in [4.69, 9.17) is 9.47 Å².